The number of nitrogens with zero attached hydrogens (tertiary/aromatic N) is 1. The van der Waals surface area contributed by atoms with E-state index in [1.807, 2.05) is 42.5 Å². The molecule has 166 valence electrons. The van der Waals surface area contributed by atoms with Crippen molar-refractivity contribution in [3.05, 3.63) is 83.9 Å². The predicted octanol–water partition coefficient (Wildman–Crippen LogP) is 4.29. The van der Waals surface area contributed by atoms with Crippen molar-refractivity contribution in [1.29, 1.82) is 0 Å². The second kappa shape index (κ2) is 9.45. The summed E-state index contributed by atoms with van der Waals surface area (Å²) >= 11 is 0. The standard InChI is InChI=1S/C27H30N2O3/c1-31-24-9-5-3-7-22(24)18-29-16-15-27(19-29,26(28)30)17-20-11-13-21(14-12-20)23-8-4-6-10-25(23)32-2/h3-14H,15-19H2,1-2H3,(H2,28,30). The number of primary amides is 1. The highest BCUT2D eigenvalue weighted by Gasteiger charge is 2.43. The number of hydrogen-bond donors (Lipinski definition) is 1. The fourth-order valence-corrected chi connectivity index (χ4v) is 4.68. The van der Waals surface area contributed by atoms with E-state index in [4.69, 9.17) is 15.2 Å². The number of amides is 1. The first-order chi connectivity index (χ1) is 15.5. The fourth-order valence-electron chi connectivity index (χ4n) is 4.68. The van der Waals surface area contributed by atoms with Gasteiger partial charge in [-0.15, -0.1) is 0 Å². The molecule has 5 heteroatoms. The van der Waals surface area contributed by atoms with Gasteiger partial charge in [-0.1, -0.05) is 60.7 Å². The van der Waals surface area contributed by atoms with Crippen LogP contribution in [0, 0.1) is 5.41 Å². The van der Waals surface area contributed by atoms with Gasteiger partial charge in [-0.05, 0) is 42.6 Å². The van der Waals surface area contributed by atoms with Gasteiger partial charge in [-0.2, -0.15) is 0 Å². The number of rotatable bonds is 8. The number of likely N-dealkylation sites (tertiary alicyclic amines) is 1. The number of benzene rings is 3. The maximum Gasteiger partial charge on any atom is 0.225 e. The molecule has 5 nitrogen and oxygen atoms in total. The zero-order chi connectivity index (χ0) is 22.6. The minimum atomic E-state index is -0.562. The summed E-state index contributed by atoms with van der Waals surface area (Å²) in [5.41, 5.74) is 9.75. The number of ether oxygens (including phenoxy) is 2. The number of para-hydroxylation sites is 2. The molecule has 3 aromatic rings. The zero-order valence-electron chi connectivity index (χ0n) is 18.7. The largest absolute Gasteiger partial charge is 0.496 e. The van der Waals surface area contributed by atoms with Crippen molar-refractivity contribution in [3.63, 3.8) is 0 Å². The summed E-state index contributed by atoms with van der Waals surface area (Å²) in [4.78, 5) is 14.9. The van der Waals surface area contributed by atoms with E-state index in [2.05, 4.69) is 35.2 Å². The molecule has 1 heterocycles. The van der Waals surface area contributed by atoms with Gasteiger partial charge < -0.3 is 15.2 Å². The molecule has 0 spiro atoms. The Morgan fingerprint density at radius 3 is 2.28 bits per heavy atom. The average molecular weight is 431 g/mol. The SMILES string of the molecule is COc1ccccc1CN1CCC(Cc2ccc(-c3ccccc3OC)cc2)(C(N)=O)C1. The van der Waals surface area contributed by atoms with Gasteiger partial charge in [0.2, 0.25) is 5.91 Å². The Bertz CT molecular complexity index is 1080. The van der Waals surface area contributed by atoms with Crippen molar-refractivity contribution in [3.8, 4) is 22.6 Å². The van der Waals surface area contributed by atoms with Crippen LogP contribution in [0.1, 0.15) is 17.5 Å². The molecular weight excluding hydrogens is 400 g/mol. The topological polar surface area (TPSA) is 64.8 Å². The van der Waals surface area contributed by atoms with E-state index in [1.165, 1.54) is 0 Å². The summed E-state index contributed by atoms with van der Waals surface area (Å²) in [7, 11) is 3.37. The van der Waals surface area contributed by atoms with E-state index in [1.54, 1.807) is 14.2 Å². The third kappa shape index (κ3) is 4.48. The molecule has 0 saturated carbocycles. The van der Waals surface area contributed by atoms with E-state index in [-0.39, 0.29) is 5.91 Å². The van der Waals surface area contributed by atoms with E-state index < -0.39 is 5.41 Å². The van der Waals surface area contributed by atoms with Crippen molar-refractivity contribution in [1.82, 2.24) is 4.90 Å². The van der Waals surface area contributed by atoms with Crippen molar-refractivity contribution >= 4 is 5.91 Å². The van der Waals surface area contributed by atoms with Gasteiger partial charge >= 0.3 is 0 Å². The summed E-state index contributed by atoms with van der Waals surface area (Å²) in [6.07, 6.45) is 1.39. The molecule has 3 aromatic carbocycles. The summed E-state index contributed by atoms with van der Waals surface area (Å²) < 4.78 is 11.0. The molecule has 1 aliphatic rings. The highest BCUT2D eigenvalue weighted by Crippen LogP contribution is 2.36. The molecule has 0 aliphatic carbocycles. The first-order valence-electron chi connectivity index (χ1n) is 10.9. The Kier molecular flexibility index (Phi) is 6.47. The molecule has 0 bridgehead atoms. The molecule has 1 unspecified atom stereocenters. The predicted molar refractivity (Wildman–Crippen MR) is 127 cm³/mol. The molecule has 1 fully saturated rings. The Hall–Kier alpha value is -3.31. The molecule has 0 aromatic heterocycles. The summed E-state index contributed by atoms with van der Waals surface area (Å²) in [6, 6.07) is 24.3. The second-order valence-electron chi connectivity index (χ2n) is 8.49. The molecule has 1 aliphatic heterocycles. The molecule has 32 heavy (non-hydrogen) atoms. The fraction of sp³-hybridized carbons (Fsp3) is 0.296. The first-order valence-corrected chi connectivity index (χ1v) is 10.9. The van der Waals surface area contributed by atoms with Crippen molar-refractivity contribution in [2.75, 3.05) is 27.3 Å². The lowest BCUT2D eigenvalue weighted by Crippen LogP contribution is -2.41. The van der Waals surface area contributed by atoms with Crippen LogP contribution in [0.25, 0.3) is 11.1 Å². The van der Waals surface area contributed by atoms with E-state index in [0.717, 1.165) is 53.3 Å². The highest BCUT2D eigenvalue weighted by atomic mass is 16.5. The minimum Gasteiger partial charge on any atom is -0.496 e. The van der Waals surface area contributed by atoms with Gasteiger partial charge in [0.1, 0.15) is 11.5 Å². The second-order valence-corrected chi connectivity index (χ2v) is 8.49. The monoisotopic (exact) mass is 430 g/mol. The number of carbonyl (C=O) groups is 1. The van der Waals surface area contributed by atoms with Gasteiger partial charge in [0.25, 0.3) is 0 Å². The Labute approximate surface area is 189 Å². The Morgan fingerprint density at radius 2 is 1.59 bits per heavy atom. The summed E-state index contributed by atoms with van der Waals surface area (Å²) in [5, 5.41) is 0. The molecule has 1 atom stereocenters. The number of hydrogen-bond acceptors (Lipinski definition) is 4. The van der Waals surface area contributed by atoms with Crippen molar-refractivity contribution in [2.45, 2.75) is 19.4 Å². The maximum absolute atomic E-state index is 12.6. The lowest BCUT2D eigenvalue weighted by molar-refractivity contribution is -0.127. The normalized spacial score (nSPS) is 18.4. The van der Waals surface area contributed by atoms with E-state index >= 15 is 0 Å². The number of methoxy groups -OCH3 is 2. The Balaban J connectivity index is 1.50. The third-order valence-corrected chi connectivity index (χ3v) is 6.46. The van der Waals surface area contributed by atoms with Crippen molar-refractivity contribution < 1.29 is 14.3 Å². The van der Waals surface area contributed by atoms with Crippen LogP contribution in [0.3, 0.4) is 0 Å². The van der Waals surface area contributed by atoms with E-state index in [9.17, 15) is 4.79 Å². The van der Waals surface area contributed by atoms with Crippen LogP contribution in [0.4, 0.5) is 0 Å². The van der Waals surface area contributed by atoms with Gasteiger partial charge in [0.05, 0.1) is 19.6 Å². The van der Waals surface area contributed by atoms with Gasteiger partial charge in [0.15, 0.2) is 0 Å². The smallest absolute Gasteiger partial charge is 0.225 e. The molecule has 2 N–H and O–H groups in total. The summed E-state index contributed by atoms with van der Waals surface area (Å²) in [6.45, 7) is 2.22. The molecule has 1 saturated heterocycles. The molecular formula is C27H30N2O3. The van der Waals surface area contributed by atoms with Crippen LogP contribution in [0.5, 0.6) is 11.5 Å². The minimum absolute atomic E-state index is 0.228. The van der Waals surface area contributed by atoms with Gasteiger partial charge in [-0.3, -0.25) is 9.69 Å². The van der Waals surface area contributed by atoms with Crippen LogP contribution in [0.2, 0.25) is 0 Å². The van der Waals surface area contributed by atoms with Crippen LogP contribution in [-0.4, -0.2) is 38.1 Å². The van der Waals surface area contributed by atoms with Crippen LogP contribution < -0.4 is 15.2 Å². The average Bonchev–Trinajstić information content (AvgIpc) is 3.23. The molecule has 0 radical (unpaired) electrons. The molecule has 4 rings (SSSR count). The van der Waals surface area contributed by atoms with Gasteiger partial charge in [0, 0.05) is 24.2 Å². The van der Waals surface area contributed by atoms with Crippen LogP contribution in [-0.2, 0) is 17.8 Å². The van der Waals surface area contributed by atoms with Crippen LogP contribution in [0.15, 0.2) is 72.8 Å². The van der Waals surface area contributed by atoms with Gasteiger partial charge in [-0.25, -0.2) is 0 Å². The molecule has 1 amide bonds. The quantitative estimate of drug-likeness (QED) is 0.579. The first kappa shape index (κ1) is 21.9. The zero-order valence-corrected chi connectivity index (χ0v) is 18.7. The lowest BCUT2D eigenvalue weighted by atomic mass is 9.80. The highest BCUT2D eigenvalue weighted by molar-refractivity contribution is 5.82. The van der Waals surface area contributed by atoms with E-state index in [0.29, 0.717) is 13.0 Å². The number of nitrogens with two attached hydrogens (primary N) is 1. The van der Waals surface area contributed by atoms with Crippen LogP contribution >= 0.6 is 0 Å². The number of carbonyl (C=O) groups excluding carboxylic acids is 1. The lowest BCUT2D eigenvalue weighted by Gasteiger charge is -2.26. The maximum atomic E-state index is 12.6. The van der Waals surface area contributed by atoms with Crippen molar-refractivity contribution in [2.24, 2.45) is 11.1 Å². The third-order valence-electron chi connectivity index (χ3n) is 6.46. The summed E-state index contributed by atoms with van der Waals surface area (Å²) in [5.74, 6) is 1.49. The Morgan fingerprint density at radius 1 is 0.938 bits per heavy atom.